The van der Waals surface area contributed by atoms with Gasteiger partial charge in [-0.1, -0.05) is 13.8 Å². The highest BCUT2D eigenvalue weighted by Gasteiger charge is 2.25. The van der Waals surface area contributed by atoms with Gasteiger partial charge in [-0.25, -0.2) is 22.9 Å². The van der Waals surface area contributed by atoms with Gasteiger partial charge in [-0.2, -0.15) is 0 Å². The summed E-state index contributed by atoms with van der Waals surface area (Å²) in [5, 5.41) is 9.25. The molecule has 0 saturated heterocycles. The number of furan rings is 1. The topological polar surface area (TPSA) is 114 Å². The number of nitrogens with one attached hydrogen (secondary N) is 2. The predicted octanol–water partition coefficient (Wildman–Crippen LogP) is 4.21. The molecule has 0 unspecified atom stereocenters. The number of aryl methyl sites for hydroxylation is 1. The van der Waals surface area contributed by atoms with Crippen LogP contribution in [0.3, 0.4) is 0 Å². The molecule has 7 nitrogen and oxygen atoms in total. The molecule has 0 aliphatic heterocycles. The SMILES string of the molecule is Cc1c([C@H](Nc2nc3ccc(S(N)(=O)=O)cc3[nH]2)C(C)C)oc2ccc(F)cc12. The summed E-state index contributed by atoms with van der Waals surface area (Å²) in [4.78, 5) is 7.57. The number of rotatable bonds is 5. The van der Waals surface area contributed by atoms with Crippen molar-refractivity contribution in [1.82, 2.24) is 9.97 Å². The van der Waals surface area contributed by atoms with Crippen LogP contribution >= 0.6 is 0 Å². The number of halogens is 1. The molecule has 2 aromatic heterocycles. The second kappa shape index (κ2) is 6.85. The second-order valence-electron chi connectivity index (χ2n) is 7.41. The fourth-order valence-corrected chi connectivity index (χ4v) is 3.96. The van der Waals surface area contributed by atoms with E-state index in [1.54, 1.807) is 12.1 Å². The second-order valence-corrected chi connectivity index (χ2v) is 8.97. The van der Waals surface area contributed by atoms with Crippen molar-refractivity contribution < 1.29 is 17.2 Å². The molecule has 0 aliphatic rings. The minimum Gasteiger partial charge on any atom is -0.459 e. The highest BCUT2D eigenvalue weighted by atomic mass is 32.2. The summed E-state index contributed by atoms with van der Waals surface area (Å²) in [6, 6.07) is 8.68. The molecule has 0 amide bonds. The number of hydrogen-bond acceptors (Lipinski definition) is 5. The van der Waals surface area contributed by atoms with Crippen LogP contribution in [0.15, 0.2) is 45.7 Å². The van der Waals surface area contributed by atoms with Gasteiger partial charge in [-0.05, 0) is 49.2 Å². The summed E-state index contributed by atoms with van der Waals surface area (Å²) in [7, 11) is -3.80. The number of primary sulfonamides is 1. The maximum atomic E-state index is 13.6. The van der Waals surface area contributed by atoms with E-state index in [-0.39, 0.29) is 22.7 Å². The van der Waals surface area contributed by atoms with Crippen molar-refractivity contribution in [3.63, 3.8) is 0 Å². The number of sulfonamides is 1. The molecule has 0 saturated carbocycles. The molecule has 4 N–H and O–H groups in total. The Bertz CT molecular complexity index is 1320. The Labute approximate surface area is 167 Å². The van der Waals surface area contributed by atoms with Crippen molar-refractivity contribution in [2.75, 3.05) is 5.32 Å². The van der Waals surface area contributed by atoms with Gasteiger partial charge < -0.3 is 14.7 Å². The van der Waals surface area contributed by atoms with E-state index < -0.39 is 10.0 Å². The Morgan fingerprint density at radius 3 is 2.66 bits per heavy atom. The smallest absolute Gasteiger partial charge is 0.238 e. The Hall–Kier alpha value is -2.91. The van der Waals surface area contributed by atoms with Crippen LogP contribution in [-0.4, -0.2) is 18.4 Å². The molecule has 0 aliphatic carbocycles. The van der Waals surface area contributed by atoms with E-state index in [1.807, 2.05) is 20.8 Å². The molecule has 4 aromatic rings. The minimum atomic E-state index is -3.80. The molecule has 1 atom stereocenters. The van der Waals surface area contributed by atoms with Gasteiger partial charge in [0.05, 0.1) is 22.0 Å². The number of hydrogen-bond donors (Lipinski definition) is 3. The molecular weight excluding hydrogens is 395 g/mol. The van der Waals surface area contributed by atoms with Crippen molar-refractivity contribution in [3.05, 3.63) is 53.5 Å². The van der Waals surface area contributed by atoms with Crippen LogP contribution in [0.4, 0.5) is 10.3 Å². The summed E-state index contributed by atoms with van der Waals surface area (Å²) in [6.07, 6.45) is 0. The fourth-order valence-electron chi connectivity index (χ4n) is 3.43. The Morgan fingerprint density at radius 1 is 1.21 bits per heavy atom. The molecule has 9 heteroatoms. The predicted molar refractivity (Wildman–Crippen MR) is 110 cm³/mol. The minimum absolute atomic E-state index is 0.00997. The van der Waals surface area contributed by atoms with E-state index in [4.69, 9.17) is 9.56 Å². The average molecular weight is 416 g/mol. The van der Waals surface area contributed by atoms with Gasteiger partial charge in [-0.15, -0.1) is 0 Å². The summed E-state index contributed by atoms with van der Waals surface area (Å²) >= 11 is 0. The van der Waals surface area contributed by atoms with Crippen molar-refractivity contribution >= 4 is 38.0 Å². The molecular formula is C20H21FN4O3S. The van der Waals surface area contributed by atoms with Gasteiger partial charge in [0.15, 0.2) is 0 Å². The Balaban J connectivity index is 1.73. The first-order valence-corrected chi connectivity index (χ1v) is 10.7. The molecule has 4 rings (SSSR count). The summed E-state index contributed by atoms with van der Waals surface area (Å²) in [6.45, 7) is 5.97. The highest BCUT2D eigenvalue weighted by Crippen LogP contribution is 2.35. The lowest BCUT2D eigenvalue weighted by atomic mass is 9.98. The number of nitrogens with zero attached hydrogens (tertiary/aromatic N) is 1. The maximum absolute atomic E-state index is 13.6. The van der Waals surface area contributed by atoms with E-state index >= 15 is 0 Å². The lowest BCUT2D eigenvalue weighted by molar-refractivity contribution is 0.435. The fraction of sp³-hybridized carbons (Fsp3) is 0.250. The third-order valence-corrected chi connectivity index (χ3v) is 5.87. The first kappa shape index (κ1) is 19.4. The van der Waals surface area contributed by atoms with Gasteiger partial charge in [0.1, 0.15) is 17.2 Å². The Morgan fingerprint density at radius 2 is 1.97 bits per heavy atom. The molecule has 0 bridgehead atoms. The first-order valence-electron chi connectivity index (χ1n) is 9.11. The summed E-state index contributed by atoms with van der Waals surface area (Å²) in [5.74, 6) is 0.986. The molecule has 29 heavy (non-hydrogen) atoms. The largest absolute Gasteiger partial charge is 0.459 e. The molecule has 152 valence electrons. The van der Waals surface area contributed by atoms with Gasteiger partial charge in [0, 0.05) is 10.9 Å². The van der Waals surface area contributed by atoms with Gasteiger partial charge in [0.2, 0.25) is 16.0 Å². The zero-order chi connectivity index (χ0) is 20.9. The molecule has 2 aromatic carbocycles. The number of aromatic amines is 1. The van der Waals surface area contributed by atoms with E-state index in [9.17, 15) is 12.8 Å². The molecule has 0 fully saturated rings. The van der Waals surface area contributed by atoms with E-state index in [0.29, 0.717) is 28.3 Å². The zero-order valence-electron chi connectivity index (χ0n) is 16.2. The third kappa shape index (κ3) is 3.58. The van der Waals surface area contributed by atoms with Gasteiger partial charge in [-0.3, -0.25) is 0 Å². The summed E-state index contributed by atoms with van der Waals surface area (Å²) in [5.41, 5.74) is 2.63. The van der Waals surface area contributed by atoms with Crippen LogP contribution in [-0.2, 0) is 10.0 Å². The van der Waals surface area contributed by atoms with Crippen LogP contribution in [0.2, 0.25) is 0 Å². The number of nitrogens with two attached hydrogens (primary N) is 1. The van der Waals surface area contributed by atoms with E-state index in [1.165, 1.54) is 24.3 Å². The summed E-state index contributed by atoms with van der Waals surface area (Å²) < 4.78 is 42.8. The lowest BCUT2D eigenvalue weighted by Gasteiger charge is -2.20. The third-order valence-electron chi connectivity index (χ3n) is 4.96. The number of imidazole rings is 1. The van der Waals surface area contributed by atoms with Crippen LogP contribution in [0.5, 0.6) is 0 Å². The number of fused-ring (bicyclic) bond motifs is 2. The van der Waals surface area contributed by atoms with Crippen LogP contribution < -0.4 is 10.5 Å². The monoisotopic (exact) mass is 416 g/mol. The lowest BCUT2D eigenvalue weighted by Crippen LogP contribution is -2.17. The van der Waals surface area contributed by atoms with Gasteiger partial charge in [0.25, 0.3) is 0 Å². The quantitative estimate of drug-likeness (QED) is 0.451. The van der Waals surface area contributed by atoms with Crippen LogP contribution in [0.25, 0.3) is 22.0 Å². The van der Waals surface area contributed by atoms with Crippen molar-refractivity contribution in [3.8, 4) is 0 Å². The van der Waals surface area contributed by atoms with Crippen molar-refractivity contribution in [1.29, 1.82) is 0 Å². The van der Waals surface area contributed by atoms with Gasteiger partial charge >= 0.3 is 0 Å². The van der Waals surface area contributed by atoms with Crippen molar-refractivity contribution in [2.24, 2.45) is 11.1 Å². The van der Waals surface area contributed by atoms with E-state index in [0.717, 1.165) is 10.9 Å². The van der Waals surface area contributed by atoms with Crippen molar-refractivity contribution in [2.45, 2.75) is 31.7 Å². The number of aromatic nitrogens is 2. The number of H-pyrrole nitrogens is 1. The molecule has 0 radical (unpaired) electrons. The average Bonchev–Trinajstić information content (AvgIpc) is 3.19. The van der Waals surface area contributed by atoms with Crippen LogP contribution in [0.1, 0.15) is 31.2 Å². The standard InChI is InChI=1S/C20H21FN4O3S/c1-10(2)18(19-11(3)14-8-12(21)4-7-17(14)28-19)25-20-23-15-6-5-13(29(22,26)27)9-16(15)24-20/h4-10,18H,1-3H3,(H2,22,26,27)(H2,23,24,25)/t18-/m1/s1. The molecule has 2 heterocycles. The highest BCUT2D eigenvalue weighted by molar-refractivity contribution is 7.89. The van der Waals surface area contributed by atoms with Crippen LogP contribution in [0, 0.1) is 18.7 Å². The number of anilines is 1. The zero-order valence-corrected chi connectivity index (χ0v) is 17.0. The first-order chi connectivity index (χ1) is 13.6. The molecule has 0 spiro atoms. The van der Waals surface area contributed by atoms with E-state index in [2.05, 4.69) is 15.3 Å². The Kier molecular flexibility index (Phi) is 4.59. The number of benzene rings is 2. The normalized spacial score (nSPS) is 13.4. The maximum Gasteiger partial charge on any atom is 0.238 e.